The molecule has 0 amide bonds. The molecular weight excluding hydrogens is 335 g/mol. The third-order valence-electron chi connectivity index (χ3n) is 2.33. The van der Waals surface area contributed by atoms with Gasteiger partial charge in [0, 0.05) is 44.5 Å². The molecule has 1 aromatic rings. The van der Waals surface area contributed by atoms with Crippen LogP contribution in [0.5, 0.6) is 0 Å². The third kappa shape index (κ3) is 5.09. The van der Waals surface area contributed by atoms with E-state index in [-0.39, 0.29) is 39.3 Å². The molecule has 20 heavy (non-hydrogen) atoms. The summed E-state index contributed by atoms with van der Waals surface area (Å²) in [4.78, 5) is 25.1. The summed E-state index contributed by atoms with van der Waals surface area (Å²) >= 11 is 0. The molecule has 0 spiro atoms. The summed E-state index contributed by atoms with van der Waals surface area (Å²) in [6, 6.07) is 0. The van der Waals surface area contributed by atoms with Gasteiger partial charge >= 0.3 is 5.97 Å². The van der Waals surface area contributed by atoms with E-state index in [1.165, 1.54) is 7.11 Å². The number of carbonyl (C=O) groups excluding carboxylic acids is 1. The van der Waals surface area contributed by atoms with Crippen molar-refractivity contribution >= 4 is 17.8 Å². The van der Waals surface area contributed by atoms with E-state index in [0.29, 0.717) is 22.7 Å². The van der Waals surface area contributed by atoms with Crippen LogP contribution in [0.25, 0.3) is 5.57 Å². The first-order valence-corrected chi connectivity index (χ1v) is 5.70. The van der Waals surface area contributed by atoms with E-state index in [9.17, 15) is 4.79 Å². The van der Waals surface area contributed by atoms with Crippen LogP contribution in [0, 0.1) is 6.92 Å². The average Bonchev–Trinajstić information content (AvgIpc) is 2.41. The standard InChI is InChI=1S/C13H16N3O3.Y/c1-5-10(13(17)18-4)11-7-14-9(3)16-12(11)8-19-15-6-2;/h5,7H,8H2,1-4H3;/q-1;/b10-5+;. The molecule has 0 saturated carbocycles. The normalized spacial score (nSPS) is 11.1. The number of allylic oxidation sites excluding steroid dienone is 1. The maximum atomic E-state index is 11.7. The molecule has 1 heterocycles. The van der Waals surface area contributed by atoms with E-state index in [4.69, 9.17) is 9.57 Å². The van der Waals surface area contributed by atoms with Crippen LogP contribution in [0.1, 0.15) is 30.9 Å². The Kier molecular flexibility index (Phi) is 9.17. The van der Waals surface area contributed by atoms with E-state index in [1.54, 1.807) is 33.0 Å². The van der Waals surface area contributed by atoms with Crippen molar-refractivity contribution in [1.29, 1.82) is 0 Å². The van der Waals surface area contributed by atoms with E-state index in [0.717, 1.165) is 0 Å². The molecule has 6 nitrogen and oxygen atoms in total. The number of rotatable bonds is 5. The summed E-state index contributed by atoms with van der Waals surface area (Å²) < 4.78 is 4.73. The first-order valence-electron chi connectivity index (χ1n) is 5.70. The molecular formula is C13H16N3O3Y-. The number of aryl methyl sites for hydroxylation is 1. The molecule has 0 unspecified atom stereocenters. The minimum atomic E-state index is -0.443. The average molecular weight is 351 g/mol. The van der Waals surface area contributed by atoms with Crippen LogP contribution in [-0.4, -0.2) is 29.3 Å². The summed E-state index contributed by atoms with van der Waals surface area (Å²) in [5, 5.41) is 3.54. The van der Waals surface area contributed by atoms with Crippen LogP contribution in [0.15, 0.2) is 17.4 Å². The minimum absolute atomic E-state index is 0. The van der Waals surface area contributed by atoms with Crippen molar-refractivity contribution in [3.63, 3.8) is 0 Å². The number of hydrogen-bond donors (Lipinski definition) is 0. The van der Waals surface area contributed by atoms with Gasteiger partial charge in [0.15, 0.2) is 6.61 Å². The van der Waals surface area contributed by atoms with Gasteiger partial charge in [0.25, 0.3) is 0 Å². The molecule has 0 fully saturated rings. The van der Waals surface area contributed by atoms with Gasteiger partial charge < -0.3 is 20.9 Å². The van der Waals surface area contributed by atoms with Gasteiger partial charge in [0.1, 0.15) is 5.82 Å². The fraction of sp³-hybridized carbons (Fsp3) is 0.385. The minimum Gasteiger partial charge on any atom is -0.465 e. The molecule has 0 atom stereocenters. The number of ether oxygens (including phenoxy) is 1. The van der Waals surface area contributed by atoms with Crippen LogP contribution in [0.3, 0.4) is 0 Å². The molecule has 0 bridgehead atoms. The first-order chi connectivity index (χ1) is 9.13. The molecule has 1 aromatic heterocycles. The van der Waals surface area contributed by atoms with Gasteiger partial charge in [-0.15, -0.1) is 0 Å². The fourth-order valence-corrected chi connectivity index (χ4v) is 1.50. The molecule has 0 aliphatic rings. The van der Waals surface area contributed by atoms with Gasteiger partial charge in [-0.3, -0.25) is 0 Å². The van der Waals surface area contributed by atoms with Gasteiger partial charge in [0.2, 0.25) is 0 Å². The zero-order valence-electron chi connectivity index (χ0n) is 12.0. The predicted octanol–water partition coefficient (Wildman–Crippen LogP) is 1.76. The smallest absolute Gasteiger partial charge is 0.338 e. The third-order valence-corrected chi connectivity index (χ3v) is 2.33. The quantitative estimate of drug-likeness (QED) is 0.266. The van der Waals surface area contributed by atoms with E-state index in [2.05, 4.69) is 21.3 Å². The van der Waals surface area contributed by atoms with Crippen LogP contribution >= 0.6 is 0 Å². The monoisotopic (exact) mass is 351 g/mol. The topological polar surface area (TPSA) is 73.7 Å². The zero-order valence-corrected chi connectivity index (χ0v) is 14.8. The van der Waals surface area contributed by atoms with Crippen molar-refractivity contribution in [1.82, 2.24) is 9.97 Å². The number of aromatic nitrogens is 2. The molecule has 1 radical (unpaired) electrons. The van der Waals surface area contributed by atoms with E-state index in [1.807, 2.05) is 0 Å². The maximum absolute atomic E-state index is 11.7. The molecule has 0 aliphatic heterocycles. The number of methoxy groups -OCH3 is 1. The van der Waals surface area contributed by atoms with Crippen molar-refractivity contribution in [3.05, 3.63) is 29.4 Å². The largest absolute Gasteiger partial charge is 0.465 e. The summed E-state index contributed by atoms with van der Waals surface area (Å²) in [6.07, 6.45) is 5.73. The Morgan fingerprint density at radius 3 is 2.80 bits per heavy atom. The van der Waals surface area contributed by atoms with Crippen molar-refractivity contribution in [2.45, 2.75) is 27.4 Å². The van der Waals surface area contributed by atoms with Crippen LogP contribution < -0.4 is 0 Å². The van der Waals surface area contributed by atoms with Crippen molar-refractivity contribution in [2.75, 3.05) is 7.11 Å². The maximum Gasteiger partial charge on any atom is 0.338 e. The van der Waals surface area contributed by atoms with Crippen molar-refractivity contribution < 1.29 is 47.1 Å². The van der Waals surface area contributed by atoms with Crippen LogP contribution in [-0.2, 0) is 53.7 Å². The molecule has 0 aliphatic carbocycles. The Morgan fingerprint density at radius 2 is 2.25 bits per heavy atom. The van der Waals surface area contributed by atoms with Gasteiger partial charge in [-0.2, -0.15) is 6.92 Å². The molecule has 105 valence electrons. The van der Waals surface area contributed by atoms with Gasteiger partial charge in [-0.25, -0.2) is 14.8 Å². The summed E-state index contributed by atoms with van der Waals surface area (Å²) in [7, 11) is 1.33. The fourth-order valence-electron chi connectivity index (χ4n) is 1.50. The molecule has 0 saturated heterocycles. The van der Waals surface area contributed by atoms with Crippen LogP contribution in [0.4, 0.5) is 0 Å². The van der Waals surface area contributed by atoms with Crippen LogP contribution in [0.2, 0.25) is 0 Å². The Bertz CT molecular complexity index is 516. The van der Waals surface area contributed by atoms with E-state index < -0.39 is 5.97 Å². The first kappa shape index (κ1) is 18.9. The number of nitrogens with zero attached hydrogens (tertiary/aromatic N) is 3. The molecule has 1 rings (SSSR count). The SMILES string of the molecule is C[C-]=NOCc1nc(C)ncc1/C(=C\C)C(=O)OC.[Y]. The Hall–Kier alpha value is -1.14. The molecule has 7 heteroatoms. The number of hydrogen-bond acceptors (Lipinski definition) is 6. The van der Waals surface area contributed by atoms with Crippen molar-refractivity contribution in [3.8, 4) is 0 Å². The van der Waals surface area contributed by atoms with Gasteiger partial charge in [-0.05, 0) is 13.8 Å². The van der Waals surface area contributed by atoms with Crippen molar-refractivity contribution in [2.24, 2.45) is 5.16 Å². The Morgan fingerprint density at radius 1 is 1.55 bits per heavy atom. The molecule has 0 aromatic carbocycles. The summed E-state index contributed by atoms with van der Waals surface area (Å²) in [5.74, 6) is 0.147. The second-order valence-electron chi connectivity index (χ2n) is 3.56. The Labute approximate surface area is 143 Å². The summed E-state index contributed by atoms with van der Waals surface area (Å²) in [5.41, 5.74) is 1.54. The second-order valence-corrected chi connectivity index (χ2v) is 3.56. The second kappa shape index (κ2) is 9.72. The Balaban J connectivity index is 0.00000361. The van der Waals surface area contributed by atoms with E-state index >= 15 is 0 Å². The summed E-state index contributed by atoms with van der Waals surface area (Å²) in [6.45, 7) is 5.26. The zero-order chi connectivity index (χ0) is 14.3. The van der Waals surface area contributed by atoms with Gasteiger partial charge in [-0.1, -0.05) is 6.08 Å². The molecule has 0 N–H and O–H groups in total. The predicted molar refractivity (Wildman–Crippen MR) is 70.3 cm³/mol. The van der Waals surface area contributed by atoms with Gasteiger partial charge in [0.05, 0.1) is 18.4 Å². The number of carbonyl (C=O) groups is 1. The number of esters is 1.